The first kappa shape index (κ1) is 10.3. The minimum atomic E-state index is 0.633. The number of hydrogen-bond donors (Lipinski definition) is 1. The zero-order valence-electron chi connectivity index (χ0n) is 9.16. The van der Waals surface area contributed by atoms with Crippen LogP contribution in [0, 0.1) is 0 Å². The van der Waals surface area contributed by atoms with Gasteiger partial charge in [0.2, 0.25) is 0 Å². The van der Waals surface area contributed by atoms with Crippen molar-refractivity contribution < 1.29 is 0 Å². The molecule has 2 aliphatic heterocycles. The Balaban J connectivity index is 1.69. The summed E-state index contributed by atoms with van der Waals surface area (Å²) in [4.78, 5) is 6.93. The van der Waals surface area contributed by atoms with E-state index in [2.05, 4.69) is 36.0 Å². The van der Waals surface area contributed by atoms with Crippen molar-refractivity contribution in [3.05, 3.63) is 0 Å². The van der Waals surface area contributed by atoms with Crippen LogP contribution >= 0.6 is 11.8 Å². The van der Waals surface area contributed by atoms with E-state index in [4.69, 9.17) is 0 Å². The monoisotopic (exact) mass is 213 g/mol. The molecule has 1 N–H and O–H groups in total. The Labute approximate surface area is 90.3 Å². The van der Waals surface area contributed by atoms with Crippen molar-refractivity contribution >= 4 is 16.9 Å². The molecule has 80 valence electrons. The van der Waals surface area contributed by atoms with Crippen molar-refractivity contribution in [1.29, 1.82) is 0 Å². The zero-order chi connectivity index (χ0) is 10.1. The quantitative estimate of drug-likeness (QED) is 0.746. The van der Waals surface area contributed by atoms with Gasteiger partial charge in [0.15, 0.2) is 5.17 Å². The molecule has 0 bridgehead atoms. The Morgan fingerprint density at radius 1 is 1.50 bits per heavy atom. The topological polar surface area (TPSA) is 27.6 Å². The van der Waals surface area contributed by atoms with Crippen molar-refractivity contribution in [2.24, 2.45) is 4.99 Å². The predicted molar refractivity (Wildman–Crippen MR) is 63.0 cm³/mol. The second kappa shape index (κ2) is 4.11. The highest BCUT2D eigenvalue weighted by atomic mass is 32.2. The van der Waals surface area contributed by atoms with Crippen molar-refractivity contribution in [2.45, 2.75) is 38.1 Å². The van der Waals surface area contributed by atoms with Crippen LogP contribution in [0.5, 0.6) is 0 Å². The second-order valence-corrected chi connectivity index (χ2v) is 5.89. The zero-order valence-corrected chi connectivity index (χ0v) is 9.97. The lowest BCUT2D eigenvalue weighted by atomic mass is 10.1. The van der Waals surface area contributed by atoms with Crippen LogP contribution in [-0.2, 0) is 0 Å². The highest BCUT2D eigenvalue weighted by molar-refractivity contribution is 8.14. The Bertz CT molecular complexity index is 234. The Morgan fingerprint density at radius 3 is 2.71 bits per heavy atom. The number of thioether (sulfide) groups is 1. The third kappa shape index (κ3) is 2.23. The van der Waals surface area contributed by atoms with Crippen molar-refractivity contribution in [3.63, 3.8) is 0 Å². The molecule has 1 atom stereocenters. The predicted octanol–water partition coefficient (Wildman–Crippen LogP) is 1.16. The van der Waals surface area contributed by atoms with Gasteiger partial charge in [-0.15, -0.1) is 0 Å². The lowest BCUT2D eigenvalue weighted by Crippen LogP contribution is -2.60. The molecule has 14 heavy (non-hydrogen) atoms. The molecule has 0 aromatic heterocycles. The van der Waals surface area contributed by atoms with Crippen LogP contribution < -0.4 is 5.32 Å². The maximum Gasteiger partial charge on any atom is 0.157 e. The molecule has 1 unspecified atom stereocenters. The molecule has 0 aromatic rings. The van der Waals surface area contributed by atoms with E-state index in [1.165, 1.54) is 13.1 Å². The van der Waals surface area contributed by atoms with Gasteiger partial charge in [-0.3, -0.25) is 9.89 Å². The van der Waals surface area contributed by atoms with Gasteiger partial charge in [-0.25, -0.2) is 0 Å². The van der Waals surface area contributed by atoms with Crippen molar-refractivity contribution in [2.75, 3.05) is 19.6 Å². The van der Waals surface area contributed by atoms with Gasteiger partial charge < -0.3 is 5.32 Å². The maximum absolute atomic E-state index is 4.46. The minimum Gasteiger partial charge on any atom is -0.360 e. The molecule has 2 aliphatic rings. The third-order valence-electron chi connectivity index (χ3n) is 2.77. The lowest BCUT2D eigenvalue weighted by Gasteiger charge is -2.42. The van der Waals surface area contributed by atoms with E-state index >= 15 is 0 Å². The van der Waals surface area contributed by atoms with Crippen LogP contribution in [0.15, 0.2) is 4.99 Å². The normalized spacial score (nSPS) is 29.1. The number of amidine groups is 1. The van der Waals surface area contributed by atoms with Gasteiger partial charge in [-0.1, -0.05) is 18.7 Å². The maximum atomic E-state index is 4.46. The Hall–Kier alpha value is -0.220. The van der Waals surface area contributed by atoms with Crippen LogP contribution in [0.4, 0.5) is 0 Å². The third-order valence-corrected chi connectivity index (χ3v) is 3.79. The van der Waals surface area contributed by atoms with Crippen LogP contribution in [0.3, 0.4) is 0 Å². The fourth-order valence-electron chi connectivity index (χ4n) is 1.76. The first-order valence-electron chi connectivity index (χ1n) is 5.37. The van der Waals surface area contributed by atoms with Gasteiger partial charge in [0.25, 0.3) is 0 Å². The smallest absolute Gasteiger partial charge is 0.157 e. The van der Waals surface area contributed by atoms with E-state index in [1.54, 1.807) is 0 Å². The highest BCUT2D eigenvalue weighted by Crippen LogP contribution is 2.20. The highest BCUT2D eigenvalue weighted by Gasteiger charge is 2.30. The first-order valence-corrected chi connectivity index (χ1v) is 6.25. The van der Waals surface area contributed by atoms with Crippen LogP contribution in [0.1, 0.15) is 20.8 Å². The van der Waals surface area contributed by atoms with Gasteiger partial charge >= 0.3 is 0 Å². The average molecular weight is 213 g/mol. The minimum absolute atomic E-state index is 0.633. The Morgan fingerprint density at radius 2 is 2.21 bits per heavy atom. The Kier molecular flexibility index (Phi) is 3.02. The first-order chi connectivity index (χ1) is 6.65. The van der Waals surface area contributed by atoms with E-state index in [9.17, 15) is 0 Å². The lowest BCUT2D eigenvalue weighted by molar-refractivity contribution is 0.103. The van der Waals surface area contributed by atoms with Crippen LogP contribution in [-0.4, -0.2) is 47.0 Å². The van der Waals surface area contributed by atoms with E-state index in [1.807, 2.05) is 11.8 Å². The average Bonchev–Trinajstić information content (AvgIpc) is 2.42. The van der Waals surface area contributed by atoms with Crippen LogP contribution in [0.2, 0.25) is 0 Å². The number of rotatable bonds is 2. The summed E-state index contributed by atoms with van der Waals surface area (Å²) in [5.41, 5.74) is 0. The SMILES string of the molecule is CC1CN=C(NC2CN(C(C)C)C2)S1. The fraction of sp³-hybridized carbons (Fsp3) is 0.900. The number of aliphatic imine (C=N–C) groups is 1. The van der Waals surface area contributed by atoms with Gasteiger partial charge in [0, 0.05) is 24.4 Å². The molecular formula is C10H19N3S. The van der Waals surface area contributed by atoms with Crippen LogP contribution in [0.25, 0.3) is 0 Å². The number of likely N-dealkylation sites (tertiary alicyclic amines) is 1. The summed E-state index contributed by atoms with van der Waals surface area (Å²) in [6.45, 7) is 10.1. The van der Waals surface area contributed by atoms with E-state index in [-0.39, 0.29) is 0 Å². The van der Waals surface area contributed by atoms with Crippen molar-refractivity contribution in [3.8, 4) is 0 Å². The van der Waals surface area contributed by atoms with E-state index < -0.39 is 0 Å². The fourth-order valence-corrected chi connectivity index (χ4v) is 2.67. The molecule has 0 amide bonds. The molecule has 2 rings (SSSR count). The second-order valence-electron chi connectivity index (χ2n) is 4.46. The molecule has 0 radical (unpaired) electrons. The van der Waals surface area contributed by atoms with Gasteiger partial charge in [0.05, 0.1) is 12.6 Å². The molecule has 2 heterocycles. The number of hydrogen-bond acceptors (Lipinski definition) is 4. The number of nitrogens with zero attached hydrogens (tertiary/aromatic N) is 2. The molecule has 4 heteroatoms. The summed E-state index contributed by atoms with van der Waals surface area (Å²) < 4.78 is 0. The summed E-state index contributed by atoms with van der Waals surface area (Å²) >= 11 is 1.87. The largest absolute Gasteiger partial charge is 0.360 e. The van der Waals surface area contributed by atoms with E-state index in [0.29, 0.717) is 17.3 Å². The molecule has 0 saturated carbocycles. The number of nitrogens with one attached hydrogen (secondary N) is 1. The van der Waals surface area contributed by atoms with Crippen molar-refractivity contribution in [1.82, 2.24) is 10.2 Å². The molecule has 1 fully saturated rings. The summed E-state index contributed by atoms with van der Waals surface area (Å²) in [5.74, 6) is 0. The molecular weight excluding hydrogens is 194 g/mol. The van der Waals surface area contributed by atoms with E-state index in [0.717, 1.165) is 11.7 Å². The standard InChI is InChI=1S/C10H19N3S/c1-7(2)13-5-9(6-13)12-10-11-4-8(3)14-10/h7-9H,4-6H2,1-3H3,(H,11,12). The molecule has 0 spiro atoms. The molecule has 0 aromatic carbocycles. The van der Waals surface area contributed by atoms with Gasteiger partial charge in [-0.05, 0) is 13.8 Å². The molecule has 3 nitrogen and oxygen atoms in total. The molecule has 0 aliphatic carbocycles. The van der Waals surface area contributed by atoms with Gasteiger partial charge in [0.1, 0.15) is 0 Å². The summed E-state index contributed by atoms with van der Waals surface area (Å²) in [6.07, 6.45) is 0. The summed E-state index contributed by atoms with van der Waals surface area (Å²) in [7, 11) is 0. The summed E-state index contributed by atoms with van der Waals surface area (Å²) in [6, 6.07) is 1.32. The summed E-state index contributed by atoms with van der Waals surface area (Å²) in [5, 5.41) is 5.33. The van der Waals surface area contributed by atoms with Gasteiger partial charge in [-0.2, -0.15) is 0 Å². The molecule has 1 saturated heterocycles.